The summed E-state index contributed by atoms with van der Waals surface area (Å²) >= 11 is 5.78. The minimum Gasteiger partial charge on any atom is -0.478 e. The Bertz CT molecular complexity index is 503. The van der Waals surface area contributed by atoms with E-state index in [4.69, 9.17) is 21.4 Å². The zero-order valence-electron chi connectivity index (χ0n) is 10.2. The lowest BCUT2D eigenvalue weighted by Gasteiger charge is -2.03. The lowest BCUT2D eigenvalue weighted by Crippen LogP contribution is -2.04. The zero-order chi connectivity index (χ0) is 14.3. The predicted octanol–water partition coefficient (Wildman–Crippen LogP) is 2.39. The molecule has 0 saturated carbocycles. The van der Waals surface area contributed by atoms with Crippen LogP contribution in [0.5, 0.6) is 0 Å². The summed E-state index contributed by atoms with van der Waals surface area (Å²) in [5, 5.41) is 12.7. The van der Waals surface area contributed by atoms with Crippen LogP contribution in [0.25, 0.3) is 0 Å². The number of carbonyl (C=O) groups is 2. The number of hydrazone groups is 1. The number of halogens is 1. The molecule has 0 spiro atoms. The molecule has 0 unspecified atom stereocenters. The van der Waals surface area contributed by atoms with Gasteiger partial charge in [-0.3, -0.25) is 10.2 Å². The third-order valence-electron chi connectivity index (χ3n) is 2.05. The number of benzene rings is 1. The number of ether oxygens (including phenoxy) is 1. The third-order valence-corrected chi connectivity index (χ3v) is 2.36. The fourth-order valence-corrected chi connectivity index (χ4v) is 1.48. The van der Waals surface area contributed by atoms with Gasteiger partial charge in [0.2, 0.25) is 0 Å². The number of nitrogens with one attached hydrogen (secondary N) is 1. The molecule has 0 saturated heterocycles. The predicted molar refractivity (Wildman–Crippen MR) is 71.8 cm³/mol. The van der Waals surface area contributed by atoms with Crippen LogP contribution in [-0.2, 0) is 9.53 Å². The standard InChI is InChI=1S/C12H13ClN2O4/c1-2-19-11(16)5-6-14-15-8-3-4-9(12(17)18)10(13)7-8/h3-4,6-7,15H,2,5H2,1H3,(H,17,18)/b14-6-. The second kappa shape index (κ2) is 7.38. The number of carbonyl (C=O) groups excluding carboxylic acids is 1. The van der Waals surface area contributed by atoms with Crippen molar-refractivity contribution in [3.05, 3.63) is 28.8 Å². The van der Waals surface area contributed by atoms with Crippen LogP contribution < -0.4 is 5.43 Å². The van der Waals surface area contributed by atoms with Gasteiger partial charge >= 0.3 is 11.9 Å². The fraction of sp³-hybridized carbons (Fsp3) is 0.250. The van der Waals surface area contributed by atoms with E-state index in [-0.39, 0.29) is 23.0 Å². The van der Waals surface area contributed by atoms with Gasteiger partial charge in [-0.1, -0.05) is 11.6 Å². The van der Waals surface area contributed by atoms with E-state index in [0.717, 1.165) is 0 Å². The molecule has 1 rings (SSSR count). The van der Waals surface area contributed by atoms with Gasteiger partial charge in [0.25, 0.3) is 0 Å². The van der Waals surface area contributed by atoms with Crippen LogP contribution in [0.4, 0.5) is 5.69 Å². The van der Waals surface area contributed by atoms with E-state index >= 15 is 0 Å². The van der Waals surface area contributed by atoms with Crippen molar-refractivity contribution in [2.45, 2.75) is 13.3 Å². The Labute approximate surface area is 115 Å². The minimum absolute atomic E-state index is 0.0164. The Morgan fingerprint density at radius 3 is 2.84 bits per heavy atom. The molecule has 0 radical (unpaired) electrons. The van der Waals surface area contributed by atoms with Gasteiger partial charge < -0.3 is 9.84 Å². The number of hydrogen-bond donors (Lipinski definition) is 2. The highest BCUT2D eigenvalue weighted by atomic mass is 35.5. The summed E-state index contributed by atoms with van der Waals surface area (Å²) in [6.07, 6.45) is 1.42. The van der Waals surface area contributed by atoms with Crippen molar-refractivity contribution < 1.29 is 19.4 Å². The van der Waals surface area contributed by atoms with E-state index < -0.39 is 5.97 Å². The molecule has 19 heavy (non-hydrogen) atoms. The number of rotatable bonds is 6. The van der Waals surface area contributed by atoms with Crippen molar-refractivity contribution in [2.24, 2.45) is 5.10 Å². The largest absolute Gasteiger partial charge is 0.478 e. The van der Waals surface area contributed by atoms with Gasteiger partial charge in [-0.2, -0.15) is 5.10 Å². The molecule has 0 aliphatic rings. The Balaban J connectivity index is 2.54. The molecule has 0 heterocycles. The highest BCUT2D eigenvalue weighted by Crippen LogP contribution is 2.20. The van der Waals surface area contributed by atoms with Crippen molar-refractivity contribution in [1.82, 2.24) is 0 Å². The zero-order valence-corrected chi connectivity index (χ0v) is 11.0. The summed E-state index contributed by atoms with van der Waals surface area (Å²) in [5.41, 5.74) is 3.17. The van der Waals surface area contributed by atoms with E-state index in [0.29, 0.717) is 12.3 Å². The van der Waals surface area contributed by atoms with Gasteiger partial charge in [0.05, 0.1) is 29.3 Å². The Hall–Kier alpha value is -2.08. The van der Waals surface area contributed by atoms with Crippen LogP contribution in [0.2, 0.25) is 5.02 Å². The highest BCUT2D eigenvalue weighted by Gasteiger charge is 2.08. The molecule has 102 valence electrons. The molecule has 2 N–H and O–H groups in total. The van der Waals surface area contributed by atoms with Crippen molar-refractivity contribution in [3.63, 3.8) is 0 Å². The van der Waals surface area contributed by atoms with Gasteiger partial charge in [0.15, 0.2) is 0 Å². The van der Waals surface area contributed by atoms with Crippen LogP contribution in [0.15, 0.2) is 23.3 Å². The van der Waals surface area contributed by atoms with Crippen LogP contribution in [0.1, 0.15) is 23.7 Å². The average Bonchev–Trinajstić information content (AvgIpc) is 2.34. The first-order valence-electron chi connectivity index (χ1n) is 5.50. The van der Waals surface area contributed by atoms with Crippen LogP contribution in [0, 0.1) is 0 Å². The van der Waals surface area contributed by atoms with Crippen molar-refractivity contribution >= 4 is 35.4 Å². The van der Waals surface area contributed by atoms with E-state index in [9.17, 15) is 9.59 Å². The van der Waals surface area contributed by atoms with E-state index in [1.165, 1.54) is 24.4 Å². The highest BCUT2D eigenvalue weighted by molar-refractivity contribution is 6.33. The molecule has 0 aliphatic carbocycles. The first-order valence-corrected chi connectivity index (χ1v) is 5.88. The first kappa shape index (κ1) is 15.0. The van der Waals surface area contributed by atoms with E-state index in [1.807, 2.05) is 0 Å². The van der Waals surface area contributed by atoms with E-state index in [2.05, 4.69) is 10.5 Å². The summed E-state index contributed by atoms with van der Waals surface area (Å²) in [4.78, 5) is 21.7. The lowest BCUT2D eigenvalue weighted by atomic mass is 10.2. The number of hydrogen-bond acceptors (Lipinski definition) is 5. The number of anilines is 1. The van der Waals surface area contributed by atoms with Gasteiger partial charge in [-0.15, -0.1) is 0 Å². The maximum absolute atomic E-state index is 11.0. The molecule has 0 fully saturated rings. The molecule has 7 heteroatoms. The van der Waals surface area contributed by atoms with Gasteiger partial charge in [0, 0.05) is 6.21 Å². The first-order chi connectivity index (χ1) is 9.04. The molecule has 1 aromatic carbocycles. The topological polar surface area (TPSA) is 88.0 Å². The number of aromatic carboxylic acids is 1. The number of nitrogens with zero attached hydrogens (tertiary/aromatic N) is 1. The lowest BCUT2D eigenvalue weighted by molar-refractivity contribution is -0.141. The summed E-state index contributed by atoms with van der Waals surface area (Å²) < 4.78 is 4.71. The van der Waals surface area contributed by atoms with Crippen molar-refractivity contribution in [2.75, 3.05) is 12.0 Å². The van der Waals surface area contributed by atoms with E-state index in [1.54, 1.807) is 6.92 Å². The Morgan fingerprint density at radius 2 is 2.26 bits per heavy atom. The second-order valence-electron chi connectivity index (χ2n) is 3.43. The summed E-state index contributed by atoms with van der Waals surface area (Å²) in [5.74, 6) is -1.46. The van der Waals surface area contributed by atoms with Crippen LogP contribution in [0.3, 0.4) is 0 Å². The van der Waals surface area contributed by atoms with Crippen molar-refractivity contribution in [3.8, 4) is 0 Å². The van der Waals surface area contributed by atoms with Gasteiger partial charge in [0.1, 0.15) is 0 Å². The quantitative estimate of drug-likeness (QED) is 0.476. The fourth-order valence-electron chi connectivity index (χ4n) is 1.22. The number of carboxylic acid groups (broad SMARTS) is 1. The molecule has 0 bridgehead atoms. The third kappa shape index (κ3) is 4.97. The molecule has 0 aliphatic heterocycles. The Kier molecular flexibility index (Phi) is 5.81. The molecule has 0 atom stereocenters. The molecular formula is C12H13ClN2O4. The van der Waals surface area contributed by atoms with Crippen LogP contribution in [-0.4, -0.2) is 29.9 Å². The molecule has 6 nitrogen and oxygen atoms in total. The maximum atomic E-state index is 11.0. The second-order valence-corrected chi connectivity index (χ2v) is 3.84. The SMILES string of the molecule is CCOC(=O)C/C=N\Nc1ccc(C(=O)O)c(Cl)c1. The summed E-state index contributed by atoms with van der Waals surface area (Å²) in [6.45, 7) is 2.05. The van der Waals surface area contributed by atoms with Gasteiger partial charge in [-0.05, 0) is 25.1 Å². The van der Waals surface area contributed by atoms with Crippen LogP contribution >= 0.6 is 11.6 Å². The average molecular weight is 285 g/mol. The number of esters is 1. The monoisotopic (exact) mass is 284 g/mol. The maximum Gasteiger partial charge on any atom is 0.337 e. The van der Waals surface area contributed by atoms with Gasteiger partial charge in [-0.25, -0.2) is 4.79 Å². The molecule has 0 amide bonds. The smallest absolute Gasteiger partial charge is 0.337 e. The molecule has 1 aromatic rings. The van der Waals surface area contributed by atoms with Crippen molar-refractivity contribution in [1.29, 1.82) is 0 Å². The normalized spacial score (nSPS) is 10.4. The number of carboxylic acids is 1. The Morgan fingerprint density at radius 1 is 1.53 bits per heavy atom. The summed E-state index contributed by atoms with van der Waals surface area (Å²) in [7, 11) is 0. The minimum atomic E-state index is -1.10. The molecular weight excluding hydrogens is 272 g/mol. The molecule has 0 aromatic heterocycles. The summed E-state index contributed by atoms with van der Waals surface area (Å²) in [6, 6.07) is 4.33.